The number of imidazole rings is 1. The predicted octanol–water partition coefficient (Wildman–Crippen LogP) is 5.57. The number of anilines is 2. The molecule has 9 nitrogen and oxygen atoms in total. The maximum absolute atomic E-state index is 13.3. The summed E-state index contributed by atoms with van der Waals surface area (Å²) in [6.07, 6.45) is 7.21. The zero-order valence-electron chi connectivity index (χ0n) is 22.3. The number of fused-ring (bicyclic) bond motifs is 1. The minimum absolute atomic E-state index is 0.0657. The van der Waals surface area contributed by atoms with E-state index in [0.29, 0.717) is 22.5 Å². The van der Waals surface area contributed by atoms with Crippen molar-refractivity contribution in [3.8, 4) is 11.3 Å². The Labute approximate surface area is 232 Å². The number of carbonyl (C=O) groups excluding carboxylic acids is 1. The molecule has 0 radical (unpaired) electrons. The number of carbonyl (C=O) groups is 1. The molecule has 0 bridgehead atoms. The van der Waals surface area contributed by atoms with Crippen molar-refractivity contribution >= 4 is 34.2 Å². The molecule has 0 spiro atoms. The number of nitrogens with one attached hydrogen (secondary N) is 2. The van der Waals surface area contributed by atoms with Gasteiger partial charge in [0.25, 0.3) is 11.6 Å². The van der Waals surface area contributed by atoms with Crippen LogP contribution in [0.4, 0.5) is 17.1 Å². The summed E-state index contributed by atoms with van der Waals surface area (Å²) in [5.74, 6) is -0.304. The zero-order chi connectivity index (χ0) is 27.6. The molecule has 0 atom stereocenters. The summed E-state index contributed by atoms with van der Waals surface area (Å²) in [4.78, 5) is 31.3. The first kappa shape index (κ1) is 25.5. The summed E-state index contributed by atoms with van der Waals surface area (Å²) in [5, 5.41) is 17.8. The lowest BCUT2D eigenvalue weighted by atomic mass is 9.98. The molecule has 2 aliphatic rings. The fraction of sp³-hybridized carbons (Fsp3) is 0.226. The molecule has 4 aromatic rings. The fourth-order valence-electron chi connectivity index (χ4n) is 5.36. The Hall–Kier alpha value is -4.76. The number of aryl methyl sites for hydroxylation is 1. The molecular weight excluding hydrogens is 504 g/mol. The number of non-ortho nitro benzene ring substituents is 1. The van der Waals surface area contributed by atoms with E-state index in [-0.39, 0.29) is 11.6 Å². The third-order valence-corrected chi connectivity index (χ3v) is 7.52. The predicted molar refractivity (Wildman–Crippen MR) is 157 cm³/mol. The zero-order valence-corrected chi connectivity index (χ0v) is 22.3. The van der Waals surface area contributed by atoms with Crippen molar-refractivity contribution in [2.24, 2.45) is 7.05 Å². The Morgan fingerprint density at radius 2 is 1.80 bits per heavy atom. The van der Waals surface area contributed by atoms with Gasteiger partial charge in [0.1, 0.15) is 0 Å². The van der Waals surface area contributed by atoms with Gasteiger partial charge in [0, 0.05) is 54.4 Å². The van der Waals surface area contributed by atoms with Gasteiger partial charge in [0.2, 0.25) is 0 Å². The molecule has 3 aromatic carbocycles. The van der Waals surface area contributed by atoms with Crippen LogP contribution in [0.15, 0.2) is 79.3 Å². The van der Waals surface area contributed by atoms with Gasteiger partial charge in [0.05, 0.1) is 28.2 Å². The lowest BCUT2D eigenvalue weighted by Crippen LogP contribution is -2.21. The van der Waals surface area contributed by atoms with Crippen LogP contribution in [-0.2, 0) is 18.3 Å². The van der Waals surface area contributed by atoms with E-state index < -0.39 is 4.92 Å². The highest BCUT2D eigenvalue weighted by atomic mass is 16.6. The van der Waals surface area contributed by atoms with Crippen molar-refractivity contribution in [1.82, 2.24) is 14.5 Å². The van der Waals surface area contributed by atoms with Crippen molar-refractivity contribution in [2.75, 3.05) is 30.3 Å². The minimum atomic E-state index is -0.445. The third-order valence-electron chi connectivity index (χ3n) is 7.52. The molecule has 1 fully saturated rings. The Kier molecular flexibility index (Phi) is 6.88. The quantitative estimate of drug-likeness (QED) is 0.174. The Morgan fingerprint density at radius 3 is 2.48 bits per heavy atom. The van der Waals surface area contributed by atoms with Crippen LogP contribution < -0.4 is 10.6 Å². The first-order valence-electron chi connectivity index (χ1n) is 13.5. The van der Waals surface area contributed by atoms with Crippen LogP contribution in [0, 0.1) is 10.1 Å². The molecular formula is C31H30N6O3. The normalized spacial score (nSPS) is 16.1. The van der Waals surface area contributed by atoms with Crippen molar-refractivity contribution in [3.63, 3.8) is 0 Å². The number of nitro groups is 1. The van der Waals surface area contributed by atoms with Gasteiger partial charge in [-0.25, -0.2) is 4.98 Å². The van der Waals surface area contributed by atoms with Crippen LogP contribution in [-0.4, -0.2) is 44.9 Å². The molecule has 0 aliphatic carbocycles. The van der Waals surface area contributed by atoms with E-state index in [2.05, 4.69) is 32.7 Å². The molecule has 0 saturated carbocycles. The van der Waals surface area contributed by atoms with E-state index in [0.717, 1.165) is 48.6 Å². The standard InChI is InChI=1S/C31H30N6O3/c1-35-19-28(32-20-35)22-8-10-24(11-9-22)33-30(23-6-4-21(5-7-23)14-17-36-15-2-3-16-36)29-26-18-25(37(39)40)12-13-27(26)34-31(29)38/h4-13,18-20,33H,2-3,14-17H2,1H3,(H,34,38)/b30-29-. The van der Waals surface area contributed by atoms with Gasteiger partial charge < -0.3 is 20.1 Å². The second kappa shape index (κ2) is 10.8. The van der Waals surface area contributed by atoms with Gasteiger partial charge in [-0.3, -0.25) is 14.9 Å². The van der Waals surface area contributed by atoms with Gasteiger partial charge in [0.15, 0.2) is 0 Å². The maximum Gasteiger partial charge on any atom is 0.270 e. The van der Waals surface area contributed by atoms with Crippen molar-refractivity contribution < 1.29 is 9.72 Å². The molecule has 2 aliphatic heterocycles. The number of hydrogen-bond acceptors (Lipinski definition) is 6. The maximum atomic E-state index is 13.3. The summed E-state index contributed by atoms with van der Waals surface area (Å²) in [6.45, 7) is 3.36. The number of benzene rings is 3. The molecule has 6 rings (SSSR count). The number of likely N-dealkylation sites (tertiary alicyclic amines) is 1. The highest BCUT2D eigenvalue weighted by Crippen LogP contribution is 2.39. The molecule has 1 saturated heterocycles. The summed E-state index contributed by atoms with van der Waals surface area (Å²) in [7, 11) is 1.93. The van der Waals surface area contributed by atoms with Crippen molar-refractivity contribution in [2.45, 2.75) is 19.3 Å². The molecule has 1 aromatic heterocycles. The number of amides is 1. The second-order valence-electron chi connectivity index (χ2n) is 10.3. The molecule has 0 unspecified atom stereocenters. The van der Waals surface area contributed by atoms with Crippen molar-refractivity contribution in [1.29, 1.82) is 0 Å². The van der Waals surface area contributed by atoms with Crippen LogP contribution in [0.3, 0.4) is 0 Å². The van der Waals surface area contributed by atoms with Gasteiger partial charge >= 0.3 is 0 Å². The van der Waals surface area contributed by atoms with E-state index in [1.165, 1.54) is 30.5 Å². The van der Waals surface area contributed by atoms with E-state index >= 15 is 0 Å². The molecule has 1 amide bonds. The molecule has 40 heavy (non-hydrogen) atoms. The van der Waals surface area contributed by atoms with E-state index in [9.17, 15) is 14.9 Å². The van der Waals surface area contributed by atoms with Gasteiger partial charge in [-0.15, -0.1) is 0 Å². The molecule has 9 heteroatoms. The Morgan fingerprint density at radius 1 is 1.05 bits per heavy atom. The summed E-state index contributed by atoms with van der Waals surface area (Å²) >= 11 is 0. The number of aromatic nitrogens is 2. The van der Waals surface area contributed by atoms with Crippen molar-refractivity contribution in [3.05, 3.63) is 106 Å². The first-order valence-corrected chi connectivity index (χ1v) is 13.5. The Bertz CT molecular complexity index is 1600. The van der Waals surface area contributed by atoms with E-state index in [1.54, 1.807) is 12.4 Å². The number of hydrogen-bond donors (Lipinski definition) is 2. The molecule has 2 N–H and O–H groups in total. The third kappa shape index (κ3) is 5.23. The van der Waals surface area contributed by atoms with E-state index in [1.807, 2.05) is 54.2 Å². The summed E-state index contributed by atoms with van der Waals surface area (Å²) in [6, 6.07) is 20.5. The highest BCUT2D eigenvalue weighted by Gasteiger charge is 2.30. The number of nitro benzene ring substituents is 1. The fourth-order valence-corrected chi connectivity index (χ4v) is 5.36. The Balaban J connectivity index is 1.36. The number of rotatable bonds is 8. The number of nitrogens with zero attached hydrogens (tertiary/aromatic N) is 4. The lowest BCUT2D eigenvalue weighted by molar-refractivity contribution is -0.384. The smallest absolute Gasteiger partial charge is 0.270 e. The molecule has 202 valence electrons. The first-order chi connectivity index (χ1) is 19.4. The lowest BCUT2D eigenvalue weighted by Gasteiger charge is -2.17. The van der Waals surface area contributed by atoms with Crippen LogP contribution in [0.5, 0.6) is 0 Å². The average molecular weight is 535 g/mol. The van der Waals surface area contributed by atoms with Crippen LogP contribution >= 0.6 is 0 Å². The van der Waals surface area contributed by atoms with Crippen LogP contribution in [0.25, 0.3) is 22.5 Å². The SMILES string of the molecule is Cn1cnc(-c2ccc(N/C(=C3\C(=O)Nc4ccc([N+](=O)[O-])cc43)c3ccc(CCN4CCCC4)cc3)cc2)c1. The van der Waals surface area contributed by atoms with Gasteiger partial charge in [-0.05, 0) is 61.7 Å². The van der Waals surface area contributed by atoms with E-state index in [4.69, 9.17) is 0 Å². The van der Waals surface area contributed by atoms with Gasteiger partial charge in [-0.1, -0.05) is 36.4 Å². The largest absolute Gasteiger partial charge is 0.354 e. The van der Waals surface area contributed by atoms with Gasteiger partial charge in [-0.2, -0.15) is 0 Å². The minimum Gasteiger partial charge on any atom is -0.354 e. The van der Waals surface area contributed by atoms with Crippen LogP contribution in [0.2, 0.25) is 0 Å². The highest BCUT2D eigenvalue weighted by molar-refractivity contribution is 6.37. The average Bonchev–Trinajstić information content (AvgIpc) is 3.71. The summed E-state index contributed by atoms with van der Waals surface area (Å²) < 4.78 is 1.90. The van der Waals surface area contributed by atoms with Crippen LogP contribution in [0.1, 0.15) is 29.5 Å². The monoisotopic (exact) mass is 534 g/mol. The topological polar surface area (TPSA) is 105 Å². The summed E-state index contributed by atoms with van der Waals surface area (Å²) in [5.41, 5.74) is 6.63. The second-order valence-corrected chi connectivity index (χ2v) is 10.3. The molecule has 3 heterocycles.